The number of aliphatic hydroxyl groups excluding tert-OH is 3. The van der Waals surface area contributed by atoms with Crippen molar-refractivity contribution in [1.82, 2.24) is 5.32 Å². The highest BCUT2D eigenvalue weighted by molar-refractivity contribution is 5.80. The van der Waals surface area contributed by atoms with Crippen LogP contribution in [0.5, 0.6) is 0 Å². The molecule has 1 aliphatic heterocycles. The van der Waals surface area contributed by atoms with Crippen LogP contribution in [0.4, 0.5) is 0 Å². The van der Waals surface area contributed by atoms with Crippen LogP contribution in [0.1, 0.15) is 79.1 Å². The minimum atomic E-state index is -1.29. The summed E-state index contributed by atoms with van der Waals surface area (Å²) in [6.07, 6.45) is 0.260. The number of rotatable bonds is 17. The molecule has 0 radical (unpaired) electrons. The Morgan fingerprint density at radius 1 is 0.879 bits per heavy atom. The minimum absolute atomic E-state index is 0.0287. The number of ether oxygens (including phenoxy) is 3. The lowest BCUT2D eigenvalue weighted by Gasteiger charge is -2.41. The van der Waals surface area contributed by atoms with Gasteiger partial charge >= 0.3 is 0 Å². The lowest BCUT2D eigenvalue weighted by Crippen LogP contribution is -2.60. The molecule has 0 aromatic rings. The van der Waals surface area contributed by atoms with Crippen LogP contribution >= 0.6 is 0 Å². The van der Waals surface area contributed by atoms with Crippen LogP contribution in [0.3, 0.4) is 0 Å². The molecule has 1 heterocycles. The van der Waals surface area contributed by atoms with Crippen LogP contribution < -0.4 is 5.32 Å². The summed E-state index contributed by atoms with van der Waals surface area (Å²) in [5.74, 6) is 0.327. The number of amides is 1. The SMILES string of the molecule is CC(C)NC(=O)CCCCCO[C@H]1OC(CO)[C@@H](OCCCCCC(=O)C(C)C)[C@@H](O)C1O. The van der Waals surface area contributed by atoms with Crippen LogP contribution in [-0.4, -0.2) is 83.6 Å². The van der Waals surface area contributed by atoms with Gasteiger partial charge in [-0.15, -0.1) is 0 Å². The standard InChI is InChI=1S/C24H45NO8/c1-16(2)18(27)11-7-5-9-13-31-23-19(15-26)33-24(22(30)21(23)29)32-14-10-6-8-12-20(28)25-17(3)4/h16-17,19,21-24,26,29-30H,5-15H2,1-4H3,(H,25,28)/t19?,21-,22?,23+,24-/m0/s1. The number of unbranched alkanes of at least 4 members (excludes halogenated alkanes) is 4. The summed E-state index contributed by atoms with van der Waals surface area (Å²) < 4.78 is 16.9. The van der Waals surface area contributed by atoms with E-state index in [-0.39, 0.29) is 30.3 Å². The van der Waals surface area contributed by atoms with Gasteiger partial charge in [0.2, 0.25) is 5.91 Å². The fourth-order valence-corrected chi connectivity index (χ4v) is 3.64. The van der Waals surface area contributed by atoms with Crippen molar-refractivity contribution in [3.8, 4) is 0 Å². The number of hydrogen-bond donors (Lipinski definition) is 4. The maximum absolute atomic E-state index is 11.6. The van der Waals surface area contributed by atoms with E-state index in [2.05, 4.69) is 5.32 Å². The molecule has 9 nitrogen and oxygen atoms in total. The van der Waals surface area contributed by atoms with Crippen LogP contribution in [0.15, 0.2) is 0 Å². The molecule has 1 amide bonds. The van der Waals surface area contributed by atoms with Crippen molar-refractivity contribution in [2.24, 2.45) is 5.92 Å². The summed E-state index contributed by atoms with van der Waals surface area (Å²) in [7, 11) is 0. The summed E-state index contributed by atoms with van der Waals surface area (Å²) in [5.41, 5.74) is 0. The molecular formula is C24H45NO8. The zero-order valence-corrected chi connectivity index (χ0v) is 20.7. The maximum Gasteiger partial charge on any atom is 0.220 e. The molecular weight excluding hydrogens is 430 g/mol. The van der Waals surface area contributed by atoms with E-state index in [4.69, 9.17) is 14.2 Å². The minimum Gasteiger partial charge on any atom is -0.394 e. The summed E-state index contributed by atoms with van der Waals surface area (Å²) in [6, 6.07) is 0.130. The summed E-state index contributed by atoms with van der Waals surface area (Å²) in [5, 5.41) is 33.4. The van der Waals surface area contributed by atoms with Gasteiger partial charge in [-0.1, -0.05) is 26.7 Å². The second-order valence-corrected chi connectivity index (χ2v) is 9.38. The number of carbonyl (C=O) groups excluding carboxylic acids is 2. The fraction of sp³-hybridized carbons (Fsp3) is 0.917. The van der Waals surface area contributed by atoms with E-state index in [0.717, 1.165) is 25.7 Å². The first kappa shape index (κ1) is 29.9. The van der Waals surface area contributed by atoms with E-state index in [1.165, 1.54) is 0 Å². The third-order valence-corrected chi connectivity index (χ3v) is 5.62. The molecule has 0 saturated carbocycles. The lowest BCUT2D eigenvalue weighted by molar-refractivity contribution is -0.307. The molecule has 9 heteroatoms. The first-order chi connectivity index (χ1) is 15.7. The van der Waals surface area contributed by atoms with E-state index in [0.29, 0.717) is 38.9 Å². The van der Waals surface area contributed by atoms with Crippen molar-refractivity contribution in [1.29, 1.82) is 0 Å². The largest absolute Gasteiger partial charge is 0.394 e. The van der Waals surface area contributed by atoms with Gasteiger partial charge in [0.25, 0.3) is 0 Å². The Hall–Kier alpha value is -1.10. The summed E-state index contributed by atoms with van der Waals surface area (Å²) in [4.78, 5) is 23.3. The molecule has 2 unspecified atom stereocenters. The molecule has 33 heavy (non-hydrogen) atoms. The van der Waals surface area contributed by atoms with Gasteiger partial charge < -0.3 is 34.8 Å². The number of nitrogens with one attached hydrogen (secondary N) is 1. The molecule has 1 aliphatic rings. The number of aliphatic hydroxyl groups is 3. The Labute approximate surface area is 198 Å². The highest BCUT2D eigenvalue weighted by Gasteiger charge is 2.45. The van der Waals surface area contributed by atoms with Crippen LogP contribution in [-0.2, 0) is 23.8 Å². The Balaban J connectivity index is 2.28. The number of hydrogen-bond acceptors (Lipinski definition) is 8. The molecule has 0 bridgehead atoms. The number of Topliss-reactive ketones (excluding diaryl/α,β-unsaturated/α-hetero) is 1. The second-order valence-electron chi connectivity index (χ2n) is 9.38. The van der Waals surface area contributed by atoms with E-state index >= 15 is 0 Å². The first-order valence-electron chi connectivity index (χ1n) is 12.3. The predicted molar refractivity (Wildman–Crippen MR) is 124 cm³/mol. The van der Waals surface area contributed by atoms with Crippen molar-refractivity contribution in [3.05, 3.63) is 0 Å². The Kier molecular flexibility index (Phi) is 15.0. The average Bonchev–Trinajstić information content (AvgIpc) is 2.75. The van der Waals surface area contributed by atoms with Gasteiger partial charge in [-0.25, -0.2) is 0 Å². The van der Waals surface area contributed by atoms with Gasteiger partial charge in [-0.2, -0.15) is 0 Å². The zero-order valence-electron chi connectivity index (χ0n) is 20.7. The molecule has 0 aliphatic carbocycles. The topological polar surface area (TPSA) is 135 Å². The smallest absolute Gasteiger partial charge is 0.220 e. The Bertz CT molecular complexity index is 555. The van der Waals surface area contributed by atoms with E-state index in [1.807, 2.05) is 27.7 Å². The lowest BCUT2D eigenvalue weighted by atomic mass is 9.99. The maximum atomic E-state index is 11.6. The van der Waals surface area contributed by atoms with Crippen molar-refractivity contribution in [3.63, 3.8) is 0 Å². The van der Waals surface area contributed by atoms with Gasteiger partial charge in [-0.3, -0.25) is 9.59 Å². The molecule has 4 N–H and O–H groups in total. The Morgan fingerprint density at radius 2 is 1.48 bits per heavy atom. The normalized spacial score (nSPS) is 25.5. The van der Waals surface area contributed by atoms with Crippen molar-refractivity contribution >= 4 is 11.7 Å². The van der Waals surface area contributed by atoms with E-state index in [9.17, 15) is 24.9 Å². The molecule has 1 saturated heterocycles. The molecule has 1 rings (SSSR count). The predicted octanol–water partition coefficient (Wildman–Crippen LogP) is 1.70. The van der Waals surface area contributed by atoms with Crippen LogP contribution in [0, 0.1) is 5.92 Å². The van der Waals surface area contributed by atoms with Gasteiger partial charge in [0.15, 0.2) is 6.29 Å². The van der Waals surface area contributed by atoms with Gasteiger partial charge in [0.1, 0.15) is 30.2 Å². The van der Waals surface area contributed by atoms with Crippen molar-refractivity contribution in [2.75, 3.05) is 19.8 Å². The quantitative estimate of drug-likeness (QED) is 0.234. The first-order valence-corrected chi connectivity index (χ1v) is 12.3. The van der Waals surface area contributed by atoms with Crippen molar-refractivity contribution < 1.29 is 39.1 Å². The molecule has 1 fully saturated rings. The van der Waals surface area contributed by atoms with Gasteiger partial charge in [-0.05, 0) is 39.5 Å². The van der Waals surface area contributed by atoms with Gasteiger partial charge in [0.05, 0.1) is 6.61 Å². The Morgan fingerprint density at radius 3 is 2.06 bits per heavy atom. The molecule has 0 aromatic carbocycles. The van der Waals surface area contributed by atoms with Crippen LogP contribution in [0.2, 0.25) is 0 Å². The zero-order chi connectivity index (χ0) is 24.8. The highest BCUT2D eigenvalue weighted by atomic mass is 16.7. The van der Waals surface area contributed by atoms with Crippen LogP contribution in [0.25, 0.3) is 0 Å². The summed E-state index contributed by atoms with van der Waals surface area (Å²) >= 11 is 0. The molecule has 0 spiro atoms. The fourth-order valence-electron chi connectivity index (χ4n) is 3.64. The molecule has 0 aromatic heterocycles. The van der Waals surface area contributed by atoms with E-state index < -0.39 is 30.7 Å². The van der Waals surface area contributed by atoms with E-state index in [1.54, 1.807) is 0 Å². The number of ketones is 1. The van der Waals surface area contributed by atoms with Gasteiger partial charge in [0, 0.05) is 38.0 Å². The monoisotopic (exact) mass is 475 g/mol. The highest BCUT2D eigenvalue weighted by Crippen LogP contribution is 2.25. The molecule has 194 valence electrons. The molecule has 5 atom stereocenters. The van der Waals surface area contributed by atoms with Crippen molar-refractivity contribution in [2.45, 2.75) is 116 Å². The second kappa shape index (κ2) is 16.5. The average molecular weight is 476 g/mol. The number of carbonyl (C=O) groups is 2. The third-order valence-electron chi connectivity index (χ3n) is 5.62. The summed E-state index contributed by atoms with van der Waals surface area (Å²) in [6.45, 7) is 7.89. The third kappa shape index (κ3) is 11.7.